The average Bonchev–Trinajstić information content (AvgIpc) is 2.61. The van der Waals surface area contributed by atoms with Crippen molar-refractivity contribution < 1.29 is 9.53 Å². The van der Waals surface area contributed by atoms with Crippen molar-refractivity contribution >= 4 is 17.6 Å². The third kappa shape index (κ3) is 4.99. The van der Waals surface area contributed by atoms with E-state index >= 15 is 0 Å². The van der Waals surface area contributed by atoms with Crippen molar-refractivity contribution in [2.24, 2.45) is 0 Å². The fourth-order valence-electron chi connectivity index (χ4n) is 2.24. The third-order valence-corrected chi connectivity index (χ3v) is 3.57. The Morgan fingerprint density at radius 2 is 1.78 bits per heavy atom. The molecule has 0 aromatic heterocycles. The monoisotopic (exact) mass is 309 g/mol. The van der Waals surface area contributed by atoms with Crippen LogP contribution in [0, 0.1) is 0 Å². The van der Waals surface area contributed by atoms with E-state index in [2.05, 4.69) is 12.2 Å². The number of methoxy groups -OCH3 is 1. The molecule has 0 aliphatic heterocycles. The molecule has 0 saturated carbocycles. The lowest BCUT2D eigenvalue weighted by Gasteiger charge is -2.10. The first-order valence-electron chi connectivity index (χ1n) is 7.94. The first kappa shape index (κ1) is 16.8. The van der Waals surface area contributed by atoms with Crippen LogP contribution in [-0.2, 0) is 4.79 Å². The lowest BCUT2D eigenvalue weighted by Crippen LogP contribution is -2.25. The second kappa shape index (κ2) is 8.79. The zero-order valence-corrected chi connectivity index (χ0v) is 13.7. The van der Waals surface area contributed by atoms with E-state index < -0.39 is 0 Å². The molecule has 0 atom stereocenters. The fourth-order valence-corrected chi connectivity index (χ4v) is 2.24. The van der Waals surface area contributed by atoms with Crippen LogP contribution in [0.15, 0.2) is 54.6 Å². The van der Waals surface area contributed by atoms with Gasteiger partial charge in [-0.25, -0.2) is 0 Å². The Morgan fingerprint density at radius 1 is 1.09 bits per heavy atom. The zero-order valence-electron chi connectivity index (χ0n) is 13.7. The number of unbranched alkanes of at least 4 members (excludes halogenated alkanes) is 1. The van der Waals surface area contributed by atoms with Crippen molar-refractivity contribution in [3.8, 4) is 5.75 Å². The van der Waals surface area contributed by atoms with Crippen LogP contribution >= 0.6 is 0 Å². The molecule has 3 heteroatoms. The molecule has 1 N–H and O–H groups in total. The van der Waals surface area contributed by atoms with E-state index in [-0.39, 0.29) is 5.91 Å². The zero-order chi connectivity index (χ0) is 16.5. The number of ether oxygens (including phenoxy) is 1. The van der Waals surface area contributed by atoms with Gasteiger partial charge < -0.3 is 10.1 Å². The molecular formula is C20H23NO2. The number of nitrogens with one attached hydrogen (secondary N) is 1. The predicted octanol–water partition coefficient (Wildman–Crippen LogP) is 4.15. The molecule has 0 radical (unpaired) electrons. The van der Waals surface area contributed by atoms with Crippen LogP contribution in [0.3, 0.4) is 0 Å². The van der Waals surface area contributed by atoms with Gasteiger partial charge in [-0.2, -0.15) is 0 Å². The molecule has 0 spiro atoms. The summed E-state index contributed by atoms with van der Waals surface area (Å²) in [6.45, 7) is 2.80. The Kier molecular flexibility index (Phi) is 6.42. The van der Waals surface area contributed by atoms with Gasteiger partial charge in [0.25, 0.3) is 5.91 Å². The van der Waals surface area contributed by atoms with E-state index in [0.29, 0.717) is 12.1 Å². The summed E-state index contributed by atoms with van der Waals surface area (Å²) in [6, 6.07) is 17.4. The predicted molar refractivity (Wildman–Crippen MR) is 95.2 cm³/mol. The highest BCUT2D eigenvalue weighted by molar-refractivity contribution is 6.24. The summed E-state index contributed by atoms with van der Waals surface area (Å²) in [7, 11) is 1.63. The number of hydrogen-bond acceptors (Lipinski definition) is 2. The SMILES string of the molecule is CCCCNC(=O)/C(=C/c1ccccc1)c1ccc(OC)cc1. The van der Waals surface area contributed by atoms with Gasteiger partial charge in [0.15, 0.2) is 0 Å². The summed E-state index contributed by atoms with van der Waals surface area (Å²) >= 11 is 0. The van der Waals surface area contributed by atoms with E-state index in [1.165, 1.54) is 0 Å². The van der Waals surface area contributed by atoms with E-state index in [0.717, 1.165) is 29.7 Å². The van der Waals surface area contributed by atoms with Crippen LogP contribution in [0.5, 0.6) is 5.75 Å². The first-order valence-corrected chi connectivity index (χ1v) is 7.94. The number of amides is 1. The normalized spacial score (nSPS) is 11.1. The van der Waals surface area contributed by atoms with Crippen molar-refractivity contribution in [2.75, 3.05) is 13.7 Å². The van der Waals surface area contributed by atoms with Gasteiger partial charge in [-0.3, -0.25) is 4.79 Å². The topological polar surface area (TPSA) is 38.3 Å². The van der Waals surface area contributed by atoms with Crippen LogP contribution in [0.2, 0.25) is 0 Å². The van der Waals surface area contributed by atoms with E-state index in [1.807, 2.05) is 60.7 Å². The van der Waals surface area contributed by atoms with Gasteiger partial charge in [0.2, 0.25) is 0 Å². The van der Waals surface area contributed by atoms with Crippen LogP contribution in [0.4, 0.5) is 0 Å². The summed E-state index contributed by atoms with van der Waals surface area (Å²) in [6.07, 6.45) is 3.95. The summed E-state index contributed by atoms with van der Waals surface area (Å²) < 4.78 is 5.19. The molecule has 0 aliphatic carbocycles. The fraction of sp³-hybridized carbons (Fsp3) is 0.250. The van der Waals surface area contributed by atoms with Gasteiger partial charge in [0, 0.05) is 12.1 Å². The number of hydrogen-bond donors (Lipinski definition) is 1. The highest BCUT2D eigenvalue weighted by atomic mass is 16.5. The molecule has 2 aromatic rings. The molecule has 2 aromatic carbocycles. The number of carbonyl (C=O) groups excluding carboxylic acids is 1. The molecule has 1 amide bonds. The average molecular weight is 309 g/mol. The van der Waals surface area contributed by atoms with Crippen molar-refractivity contribution in [3.05, 3.63) is 65.7 Å². The highest BCUT2D eigenvalue weighted by Crippen LogP contribution is 2.21. The van der Waals surface area contributed by atoms with Crippen LogP contribution < -0.4 is 10.1 Å². The second-order valence-corrected chi connectivity index (χ2v) is 5.31. The molecule has 0 heterocycles. The lowest BCUT2D eigenvalue weighted by atomic mass is 10.0. The van der Waals surface area contributed by atoms with Gasteiger partial charge in [0.05, 0.1) is 7.11 Å². The number of benzene rings is 2. The maximum atomic E-state index is 12.6. The molecule has 0 aliphatic rings. The van der Waals surface area contributed by atoms with Crippen molar-refractivity contribution in [1.29, 1.82) is 0 Å². The van der Waals surface area contributed by atoms with Crippen LogP contribution in [0.1, 0.15) is 30.9 Å². The number of carbonyl (C=O) groups is 1. The summed E-state index contributed by atoms with van der Waals surface area (Å²) in [5, 5.41) is 2.99. The second-order valence-electron chi connectivity index (χ2n) is 5.31. The minimum Gasteiger partial charge on any atom is -0.497 e. The molecule has 3 nitrogen and oxygen atoms in total. The van der Waals surface area contributed by atoms with E-state index in [1.54, 1.807) is 7.11 Å². The maximum absolute atomic E-state index is 12.6. The van der Waals surface area contributed by atoms with Crippen LogP contribution in [-0.4, -0.2) is 19.6 Å². The third-order valence-electron chi connectivity index (χ3n) is 3.57. The molecule has 23 heavy (non-hydrogen) atoms. The quantitative estimate of drug-likeness (QED) is 0.474. The molecule has 0 bridgehead atoms. The summed E-state index contributed by atoms with van der Waals surface area (Å²) in [5.41, 5.74) is 2.54. The molecule has 0 unspecified atom stereocenters. The Bertz CT molecular complexity index is 645. The Balaban J connectivity index is 2.30. The van der Waals surface area contributed by atoms with Gasteiger partial charge >= 0.3 is 0 Å². The summed E-state index contributed by atoms with van der Waals surface area (Å²) in [5.74, 6) is 0.728. The highest BCUT2D eigenvalue weighted by Gasteiger charge is 2.12. The van der Waals surface area contributed by atoms with Crippen molar-refractivity contribution in [3.63, 3.8) is 0 Å². The molecule has 0 fully saturated rings. The van der Waals surface area contributed by atoms with Gasteiger partial charge in [-0.05, 0) is 35.8 Å². The Morgan fingerprint density at radius 3 is 2.39 bits per heavy atom. The largest absolute Gasteiger partial charge is 0.497 e. The maximum Gasteiger partial charge on any atom is 0.251 e. The van der Waals surface area contributed by atoms with Crippen molar-refractivity contribution in [2.45, 2.75) is 19.8 Å². The lowest BCUT2D eigenvalue weighted by molar-refractivity contribution is -0.115. The summed E-state index contributed by atoms with van der Waals surface area (Å²) in [4.78, 5) is 12.6. The first-order chi connectivity index (χ1) is 11.2. The minimum atomic E-state index is -0.0486. The van der Waals surface area contributed by atoms with Crippen molar-refractivity contribution in [1.82, 2.24) is 5.32 Å². The van der Waals surface area contributed by atoms with Gasteiger partial charge in [-0.1, -0.05) is 55.8 Å². The van der Waals surface area contributed by atoms with E-state index in [9.17, 15) is 4.79 Å². The minimum absolute atomic E-state index is 0.0486. The van der Waals surface area contributed by atoms with Gasteiger partial charge in [-0.15, -0.1) is 0 Å². The number of rotatable bonds is 7. The van der Waals surface area contributed by atoms with E-state index in [4.69, 9.17) is 4.74 Å². The smallest absolute Gasteiger partial charge is 0.251 e. The molecule has 0 saturated heterocycles. The molecule has 2 rings (SSSR count). The molecule has 120 valence electrons. The van der Waals surface area contributed by atoms with Gasteiger partial charge in [0.1, 0.15) is 5.75 Å². The molecular weight excluding hydrogens is 286 g/mol. The standard InChI is InChI=1S/C20H23NO2/c1-3-4-14-21-20(22)19(15-16-8-6-5-7-9-16)17-10-12-18(23-2)13-11-17/h5-13,15H,3-4,14H2,1-2H3,(H,21,22)/b19-15+. The Labute approximate surface area is 138 Å². The van der Waals surface area contributed by atoms with Crippen LogP contribution in [0.25, 0.3) is 11.6 Å². The Hall–Kier alpha value is -2.55.